The van der Waals surface area contributed by atoms with Crippen LogP contribution in [0.2, 0.25) is 0 Å². The van der Waals surface area contributed by atoms with E-state index in [2.05, 4.69) is 31.2 Å². The van der Waals surface area contributed by atoms with Gasteiger partial charge in [0, 0.05) is 38.1 Å². The number of benzene rings is 1. The van der Waals surface area contributed by atoms with Crippen LogP contribution in [0.5, 0.6) is 0 Å². The van der Waals surface area contributed by atoms with Gasteiger partial charge in [-0.1, -0.05) is 6.07 Å². The molecule has 0 atom stereocenters. The minimum atomic E-state index is -0.0392. The summed E-state index contributed by atoms with van der Waals surface area (Å²) >= 11 is 0. The van der Waals surface area contributed by atoms with Gasteiger partial charge < -0.3 is 21.3 Å². The van der Waals surface area contributed by atoms with Crippen LogP contribution in [-0.4, -0.2) is 30.0 Å². The molecule has 3 heterocycles. The molecule has 142 valence electrons. The number of nitrogens with one attached hydrogen (secondary N) is 4. The van der Waals surface area contributed by atoms with Crippen molar-refractivity contribution in [1.29, 1.82) is 0 Å². The number of fused-ring (bicyclic) bond motifs is 1. The smallest absolute Gasteiger partial charge is 0.254 e. The number of aromatic nitrogens is 2. The summed E-state index contributed by atoms with van der Waals surface area (Å²) in [4.78, 5) is 21.1. The average molecular weight is 374 g/mol. The third kappa shape index (κ3) is 3.11. The van der Waals surface area contributed by atoms with E-state index in [1.54, 1.807) is 6.20 Å². The summed E-state index contributed by atoms with van der Waals surface area (Å²) in [5.41, 5.74) is 6.57. The highest BCUT2D eigenvalue weighted by Crippen LogP contribution is 2.35. The van der Waals surface area contributed by atoms with E-state index >= 15 is 0 Å². The highest BCUT2D eigenvalue weighted by Gasteiger charge is 2.26. The van der Waals surface area contributed by atoms with Crippen molar-refractivity contribution in [2.24, 2.45) is 0 Å². The van der Waals surface area contributed by atoms with Crippen molar-refractivity contribution in [3.63, 3.8) is 0 Å². The highest BCUT2D eigenvalue weighted by atomic mass is 16.1. The van der Waals surface area contributed by atoms with Crippen LogP contribution in [0.4, 0.5) is 23.0 Å². The van der Waals surface area contributed by atoms with E-state index in [0.717, 1.165) is 50.8 Å². The Hall–Kier alpha value is -3.61. The number of rotatable bonds is 5. The molecule has 1 aromatic carbocycles. The predicted molar refractivity (Wildman–Crippen MR) is 112 cm³/mol. The molecule has 0 saturated heterocycles. The van der Waals surface area contributed by atoms with Gasteiger partial charge in [0.15, 0.2) is 0 Å². The molecule has 4 N–H and O–H groups in total. The minimum Gasteiger partial charge on any atom is -0.387 e. The predicted octanol–water partition coefficient (Wildman–Crippen LogP) is 3.52. The van der Waals surface area contributed by atoms with Crippen LogP contribution in [0, 0.1) is 6.92 Å². The van der Waals surface area contributed by atoms with E-state index in [0.29, 0.717) is 6.54 Å². The maximum absolute atomic E-state index is 12.2. The second-order valence-electron chi connectivity index (χ2n) is 6.64. The van der Waals surface area contributed by atoms with Crippen LogP contribution in [-0.2, 0) is 6.54 Å². The molecular weight excluding hydrogens is 352 g/mol. The second kappa shape index (κ2) is 7.19. The van der Waals surface area contributed by atoms with Gasteiger partial charge in [-0.3, -0.25) is 4.79 Å². The monoisotopic (exact) mass is 374 g/mol. The number of carbonyl (C=O) groups excluding carboxylic acids is 1. The second-order valence-corrected chi connectivity index (χ2v) is 6.64. The molecule has 0 fully saturated rings. The fourth-order valence-electron chi connectivity index (χ4n) is 3.48. The third-order valence-corrected chi connectivity index (χ3v) is 4.93. The van der Waals surface area contributed by atoms with Gasteiger partial charge in [-0.05, 0) is 47.9 Å². The number of nitrogens with zero attached hydrogens (tertiary/aromatic N) is 2. The average Bonchev–Trinajstić information content (AvgIpc) is 3.10. The summed E-state index contributed by atoms with van der Waals surface area (Å²) < 4.78 is 0. The molecule has 1 amide bonds. The van der Waals surface area contributed by atoms with Gasteiger partial charge >= 0.3 is 0 Å². The first-order valence-corrected chi connectivity index (χ1v) is 9.10. The quantitative estimate of drug-likeness (QED) is 0.546. The number of anilines is 4. The Labute approximate surface area is 163 Å². The molecular formula is C21H22N6O. The van der Waals surface area contributed by atoms with Gasteiger partial charge in [-0.25, -0.2) is 9.97 Å². The van der Waals surface area contributed by atoms with Crippen LogP contribution < -0.4 is 21.3 Å². The lowest BCUT2D eigenvalue weighted by Gasteiger charge is -2.14. The maximum Gasteiger partial charge on any atom is 0.254 e. The molecule has 0 bridgehead atoms. The van der Waals surface area contributed by atoms with Crippen molar-refractivity contribution in [2.75, 3.05) is 30.0 Å². The molecule has 0 saturated carbocycles. The number of amides is 1. The fourth-order valence-corrected chi connectivity index (χ4v) is 3.48. The Balaban J connectivity index is 1.66. The number of hydrogen-bond donors (Lipinski definition) is 4. The van der Waals surface area contributed by atoms with Crippen LogP contribution in [0.3, 0.4) is 0 Å². The van der Waals surface area contributed by atoms with E-state index in [9.17, 15) is 4.79 Å². The first-order valence-electron chi connectivity index (χ1n) is 9.10. The van der Waals surface area contributed by atoms with E-state index in [1.165, 1.54) is 0 Å². The summed E-state index contributed by atoms with van der Waals surface area (Å²) in [5.74, 6) is 1.52. The molecule has 2 aromatic heterocycles. The number of pyridine rings is 2. The van der Waals surface area contributed by atoms with E-state index < -0.39 is 0 Å². The van der Waals surface area contributed by atoms with Gasteiger partial charge in [0.25, 0.3) is 5.91 Å². The Morgan fingerprint density at radius 3 is 2.46 bits per heavy atom. The van der Waals surface area contributed by atoms with Crippen LogP contribution >= 0.6 is 0 Å². The summed E-state index contributed by atoms with van der Waals surface area (Å²) in [6, 6.07) is 9.84. The Morgan fingerprint density at radius 2 is 1.79 bits per heavy atom. The zero-order chi connectivity index (χ0) is 19.7. The lowest BCUT2D eigenvalue weighted by Crippen LogP contribution is -2.13. The van der Waals surface area contributed by atoms with Crippen LogP contribution in [0.1, 0.15) is 21.5 Å². The molecule has 28 heavy (non-hydrogen) atoms. The molecule has 0 spiro atoms. The molecule has 0 radical (unpaired) electrons. The molecule has 7 nitrogen and oxygen atoms in total. The molecule has 0 aliphatic carbocycles. The zero-order valence-electron chi connectivity index (χ0n) is 16.1. The largest absolute Gasteiger partial charge is 0.387 e. The maximum atomic E-state index is 12.2. The van der Waals surface area contributed by atoms with Crippen molar-refractivity contribution < 1.29 is 4.79 Å². The zero-order valence-corrected chi connectivity index (χ0v) is 16.1. The van der Waals surface area contributed by atoms with Crippen LogP contribution in [0.15, 0.2) is 42.7 Å². The lowest BCUT2D eigenvalue weighted by atomic mass is 9.94. The Morgan fingerprint density at radius 1 is 0.964 bits per heavy atom. The Kier molecular flexibility index (Phi) is 4.57. The molecule has 3 aromatic rings. The van der Waals surface area contributed by atoms with Gasteiger partial charge in [-0.2, -0.15) is 0 Å². The van der Waals surface area contributed by atoms with Gasteiger partial charge in [0.1, 0.15) is 11.6 Å². The molecule has 0 unspecified atom stereocenters. The summed E-state index contributed by atoms with van der Waals surface area (Å²) in [6.07, 6.45) is 3.61. The minimum absolute atomic E-state index is 0.0392. The Bertz CT molecular complexity index is 1050. The first kappa shape index (κ1) is 17.8. The highest BCUT2D eigenvalue weighted by molar-refractivity contribution is 6.05. The topological polar surface area (TPSA) is 91.0 Å². The summed E-state index contributed by atoms with van der Waals surface area (Å²) in [6.45, 7) is 2.58. The van der Waals surface area contributed by atoms with Crippen molar-refractivity contribution in [2.45, 2.75) is 13.5 Å². The summed E-state index contributed by atoms with van der Waals surface area (Å²) in [5, 5.41) is 12.3. The van der Waals surface area contributed by atoms with Gasteiger partial charge in [0.2, 0.25) is 0 Å². The SMILES string of the molecule is CNc1ccc(Nc2cc(C)c(-c3ccc(NC)c4c3CNC4=O)cn2)cn1. The number of aryl methyl sites for hydroxylation is 1. The van der Waals surface area contributed by atoms with Crippen LogP contribution in [0.25, 0.3) is 11.1 Å². The van der Waals surface area contributed by atoms with Gasteiger partial charge in [-0.15, -0.1) is 0 Å². The normalized spacial score (nSPS) is 12.3. The summed E-state index contributed by atoms with van der Waals surface area (Å²) in [7, 11) is 3.66. The molecule has 1 aliphatic heterocycles. The van der Waals surface area contributed by atoms with E-state index in [4.69, 9.17) is 0 Å². The first-order chi connectivity index (χ1) is 13.6. The molecule has 7 heteroatoms. The van der Waals surface area contributed by atoms with Crippen molar-refractivity contribution in [1.82, 2.24) is 15.3 Å². The molecule has 1 aliphatic rings. The third-order valence-electron chi connectivity index (χ3n) is 4.93. The lowest BCUT2D eigenvalue weighted by molar-refractivity contribution is 0.0966. The molecule has 4 rings (SSSR count). The van der Waals surface area contributed by atoms with Gasteiger partial charge in [0.05, 0.1) is 17.4 Å². The fraction of sp³-hybridized carbons (Fsp3) is 0.190. The van der Waals surface area contributed by atoms with Crippen molar-refractivity contribution in [3.05, 3.63) is 59.4 Å². The van der Waals surface area contributed by atoms with Crippen molar-refractivity contribution in [3.8, 4) is 11.1 Å². The number of hydrogen-bond acceptors (Lipinski definition) is 6. The standard InChI is InChI=1S/C21H22N6O/c1-12-8-19(27-13-4-7-18(23-3)24-9-13)25-10-15(12)14-5-6-17(22-2)20-16(14)11-26-21(20)28/h4-10,22H,11H2,1-3H3,(H,23,24)(H,25,27)(H,26,28). The van der Waals surface area contributed by atoms with Crippen molar-refractivity contribution >= 4 is 28.9 Å². The van der Waals surface area contributed by atoms with E-state index in [1.807, 2.05) is 57.5 Å². The number of carbonyl (C=O) groups is 1. The van der Waals surface area contributed by atoms with E-state index in [-0.39, 0.29) is 5.91 Å².